The van der Waals surface area contributed by atoms with Gasteiger partial charge in [0.1, 0.15) is 5.82 Å². The van der Waals surface area contributed by atoms with E-state index in [0.29, 0.717) is 0 Å². The first-order valence-corrected chi connectivity index (χ1v) is 7.27. The zero-order valence-electron chi connectivity index (χ0n) is 12.6. The van der Waals surface area contributed by atoms with Crippen molar-refractivity contribution in [2.75, 3.05) is 6.54 Å². The Hall–Kier alpha value is -1.74. The molecule has 2 rings (SSSR count). The minimum Gasteiger partial charge on any atom is -0.311 e. The van der Waals surface area contributed by atoms with E-state index in [2.05, 4.69) is 59.5 Å². The largest absolute Gasteiger partial charge is 0.311 e. The summed E-state index contributed by atoms with van der Waals surface area (Å²) in [7, 11) is 0. The van der Waals surface area contributed by atoms with Crippen LogP contribution in [0, 0.1) is 13.8 Å². The predicted octanol–water partition coefficient (Wildman–Crippen LogP) is 3.18. The Morgan fingerprint density at radius 2 is 1.80 bits per heavy atom. The molecule has 0 unspecified atom stereocenters. The van der Waals surface area contributed by atoms with Gasteiger partial charge in [0.15, 0.2) is 0 Å². The molecule has 1 N–H and O–H groups in total. The topological polar surface area (TPSA) is 37.8 Å². The van der Waals surface area contributed by atoms with Crippen molar-refractivity contribution in [2.24, 2.45) is 0 Å². The Kier molecular flexibility index (Phi) is 5.24. The number of nitrogens with zero attached hydrogens (tertiary/aromatic N) is 2. The van der Waals surface area contributed by atoms with Crippen molar-refractivity contribution < 1.29 is 0 Å². The zero-order chi connectivity index (χ0) is 14.4. The summed E-state index contributed by atoms with van der Waals surface area (Å²) in [6.07, 6.45) is 1.93. The van der Waals surface area contributed by atoms with E-state index in [9.17, 15) is 0 Å². The second kappa shape index (κ2) is 7.15. The third-order valence-corrected chi connectivity index (χ3v) is 3.17. The molecule has 0 aliphatic carbocycles. The van der Waals surface area contributed by atoms with Gasteiger partial charge in [-0.25, -0.2) is 9.97 Å². The number of aryl methyl sites for hydroxylation is 2. The van der Waals surface area contributed by atoms with E-state index in [-0.39, 0.29) is 0 Å². The highest BCUT2D eigenvalue weighted by Gasteiger charge is 2.04. The SMILES string of the molecule is CCCNCc1cc(C)nc(Cc2ccc(C)cc2)n1. The van der Waals surface area contributed by atoms with Crippen molar-refractivity contribution >= 4 is 0 Å². The summed E-state index contributed by atoms with van der Waals surface area (Å²) in [6.45, 7) is 8.14. The van der Waals surface area contributed by atoms with E-state index < -0.39 is 0 Å². The molecule has 1 aromatic heterocycles. The van der Waals surface area contributed by atoms with Gasteiger partial charge in [0, 0.05) is 18.7 Å². The van der Waals surface area contributed by atoms with Crippen molar-refractivity contribution in [1.29, 1.82) is 0 Å². The van der Waals surface area contributed by atoms with E-state index in [1.807, 2.05) is 6.92 Å². The van der Waals surface area contributed by atoms with Gasteiger partial charge in [-0.1, -0.05) is 36.8 Å². The number of rotatable bonds is 6. The first-order chi connectivity index (χ1) is 9.67. The van der Waals surface area contributed by atoms with Crippen LogP contribution in [-0.2, 0) is 13.0 Å². The van der Waals surface area contributed by atoms with Gasteiger partial charge in [0.05, 0.1) is 5.69 Å². The molecule has 3 nitrogen and oxygen atoms in total. The number of aromatic nitrogens is 2. The van der Waals surface area contributed by atoms with Crippen LogP contribution in [0.5, 0.6) is 0 Å². The fourth-order valence-electron chi connectivity index (χ4n) is 2.15. The van der Waals surface area contributed by atoms with Crippen molar-refractivity contribution in [3.05, 3.63) is 58.7 Å². The van der Waals surface area contributed by atoms with Gasteiger partial charge >= 0.3 is 0 Å². The van der Waals surface area contributed by atoms with Crippen LogP contribution >= 0.6 is 0 Å². The van der Waals surface area contributed by atoms with E-state index in [1.54, 1.807) is 0 Å². The van der Waals surface area contributed by atoms with E-state index in [1.165, 1.54) is 11.1 Å². The number of hydrogen-bond donors (Lipinski definition) is 1. The lowest BCUT2D eigenvalue weighted by Crippen LogP contribution is -2.16. The highest BCUT2D eigenvalue weighted by atomic mass is 14.9. The summed E-state index contributed by atoms with van der Waals surface area (Å²) in [5.41, 5.74) is 4.65. The quantitative estimate of drug-likeness (QED) is 0.818. The Labute approximate surface area is 121 Å². The molecule has 3 heteroatoms. The van der Waals surface area contributed by atoms with Crippen molar-refractivity contribution in [2.45, 2.75) is 40.2 Å². The van der Waals surface area contributed by atoms with Gasteiger partial charge in [-0.2, -0.15) is 0 Å². The fraction of sp³-hybridized carbons (Fsp3) is 0.412. The molecule has 0 spiro atoms. The fourth-order valence-corrected chi connectivity index (χ4v) is 2.15. The first-order valence-electron chi connectivity index (χ1n) is 7.27. The lowest BCUT2D eigenvalue weighted by Gasteiger charge is -2.07. The van der Waals surface area contributed by atoms with Gasteiger partial charge in [-0.05, 0) is 38.4 Å². The van der Waals surface area contributed by atoms with Gasteiger partial charge in [0.25, 0.3) is 0 Å². The molecule has 0 saturated heterocycles. The highest BCUT2D eigenvalue weighted by Crippen LogP contribution is 2.09. The molecule has 0 radical (unpaired) electrons. The molecule has 2 aromatic rings. The van der Waals surface area contributed by atoms with Gasteiger partial charge < -0.3 is 5.32 Å². The first kappa shape index (κ1) is 14.7. The minimum absolute atomic E-state index is 0.794. The zero-order valence-corrected chi connectivity index (χ0v) is 12.6. The lowest BCUT2D eigenvalue weighted by atomic mass is 10.1. The van der Waals surface area contributed by atoms with Crippen molar-refractivity contribution in [3.8, 4) is 0 Å². The van der Waals surface area contributed by atoms with Crippen molar-refractivity contribution in [3.63, 3.8) is 0 Å². The minimum atomic E-state index is 0.794. The Morgan fingerprint density at radius 3 is 2.50 bits per heavy atom. The summed E-state index contributed by atoms with van der Waals surface area (Å²) in [4.78, 5) is 9.19. The predicted molar refractivity (Wildman–Crippen MR) is 82.8 cm³/mol. The third kappa shape index (κ3) is 4.42. The Morgan fingerprint density at radius 1 is 1.05 bits per heavy atom. The van der Waals surface area contributed by atoms with Crippen LogP contribution in [0.1, 0.15) is 41.7 Å². The molecule has 0 amide bonds. The molecule has 0 atom stereocenters. The number of hydrogen-bond acceptors (Lipinski definition) is 3. The molecule has 106 valence electrons. The summed E-state index contributed by atoms with van der Waals surface area (Å²) in [6, 6.07) is 10.6. The molecule has 0 aliphatic heterocycles. The average Bonchev–Trinajstić information content (AvgIpc) is 2.41. The van der Waals surface area contributed by atoms with Crippen LogP contribution in [0.3, 0.4) is 0 Å². The van der Waals surface area contributed by atoms with Crippen LogP contribution in [0.25, 0.3) is 0 Å². The average molecular weight is 269 g/mol. The van der Waals surface area contributed by atoms with Crippen molar-refractivity contribution in [1.82, 2.24) is 15.3 Å². The van der Waals surface area contributed by atoms with Crippen LogP contribution in [0.4, 0.5) is 0 Å². The molecular weight excluding hydrogens is 246 g/mol. The Bertz CT molecular complexity index is 547. The second-order valence-corrected chi connectivity index (χ2v) is 5.26. The second-order valence-electron chi connectivity index (χ2n) is 5.26. The van der Waals surface area contributed by atoms with Crippen LogP contribution in [0.15, 0.2) is 30.3 Å². The molecule has 1 heterocycles. The lowest BCUT2D eigenvalue weighted by molar-refractivity contribution is 0.658. The maximum atomic E-state index is 4.65. The highest BCUT2D eigenvalue weighted by molar-refractivity contribution is 5.24. The molecule has 20 heavy (non-hydrogen) atoms. The standard InChI is InChI=1S/C17H23N3/c1-4-9-18-12-16-10-14(3)19-17(20-16)11-15-7-5-13(2)6-8-15/h5-8,10,18H,4,9,11-12H2,1-3H3. The number of benzene rings is 1. The molecule has 0 saturated carbocycles. The molecule has 0 bridgehead atoms. The van der Waals surface area contributed by atoms with Gasteiger partial charge in [-0.15, -0.1) is 0 Å². The smallest absolute Gasteiger partial charge is 0.133 e. The summed E-state index contributed by atoms with van der Waals surface area (Å²) in [5, 5.41) is 3.39. The van der Waals surface area contributed by atoms with Gasteiger partial charge in [-0.3, -0.25) is 0 Å². The van der Waals surface area contributed by atoms with E-state index >= 15 is 0 Å². The molecule has 0 aliphatic rings. The summed E-state index contributed by atoms with van der Waals surface area (Å²) < 4.78 is 0. The van der Waals surface area contributed by atoms with Crippen LogP contribution in [0.2, 0.25) is 0 Å². The van der Waals surface area contributed by atoms with E-state index in [0.717, 1.165) is 43.1 Å². The maximum Gasteiger partial charge on any atom is 0.133 e. The van der Waals surface area contributed by atoms with Gasteiger partial charge in [0.2, 0.25) is 0 Å². The van der Waals surface area contributed by atoms with Crippen LogP contribution in [-0.4, -0.2) is 16.5 Å². The molecule has 1 aromatic carbocycles. The van der Waals surface area contributed by atoms with Crippen LogP contribution < -0.4 is 5.32 Å². The monoisotopic (exact) mass is 269 g/mol. The maximum absolute atomic E-state index is 4.65. The third-order valence-electron chi connectivity index (χ3n) is 3.17. The normalized spacial score (nSPS) is 10.8. The summed E-state index contributed by atoms with van der Waals surface area (Å²) in [5.74, 6) is 0.905. The molecule has 0 fully saturated rings. The molecular formula is C17H23N3. The Balaban J connectivity index is 2.09. The number of nitrogens with one attached hydrogen (secondary N) is 1. The summed E-state index contributed by atoms with van der Waals surface area (Å²) >= 11 is 0. The van der Waals surface area contributed by atoms with E-state index in [4.69, 9.17) is 0 Å².